The Morgan fingerprint density at radius 3 is 1.98 bits per heavy atom. The summed E-state index contributed by atoms with van der Waals surface area (Å²) in [4.78, 5) is 26.3. The topological polar surface area (TPSA) is 89.1 Å². The standard InChI is InChI=1S/C43H45Cl2N3O5/c1-4-53-43(50)28-22-48(23-28)35-15-12-25-18-27(20-37(52-3)40(25)35)31-8-6-10-33(42(31)45)32-9-5-7-30(41(32)44)26-17-24-11-14-34(39(24)36(19-26)51-2)46-21-29-13-16-38(49)47-29/h5-10,17-20,28-29,34-35,46H,4,11-16,21-23H2,1-3H3,(H,47,49)/t29-,34?,35?/m0/s1. The number of amides is 1. The van der Waals surface area contributed by atoms with E-state index in [0.29, 0.717) is 36.2 Å². The van der Waals surface area contributed by atoms with Gasteiger partial charge in [-0.05, 0) is 73.4 Å². The van der Waals surface area contributed by atoms with E-state index in [4.69, 9.17) is 37.4 Å². The first-order valence-corrected chi connectivity index (χ1v) is 19.5. The number of fused-ring (bicyclic) bond motifs is 2. The number of methoxy groups -OCH3 is 2. The number of likely N-dealkylation sites (tertiary alicyclic amines) is 1. The molecule has 4 aromatic rings. The zero-order chi connectivity index (χ0) is 36.8. The molecule has 276 valence electrons. The molecule has 0 bridgehead atoms. The number of rotatable bonds is 11. The average Bonchev–Trinajstić information content (AvgIpc) is 3.88. The van der Waals surface area contributed by atoms with Crippen LogP contribution in [0.2, 0.25) is 10.0 Å². The van der Waals surface area contributed by atoms with Gasteiger partial charge in [0.25, 0.3) is 0 Å². The highest BCUT2D eigenvalue weighted by molar-refractivity contribution is 6.39. The van der Waals surface area contributed by atoms with Gasteiger partial charge in [-0.25, -0.2) is 0 Å². The number of hydrogen-bond donors (Lipinski definition) is 2. The molecule has 10 heteroatoms. The number of esters is 1. The molecular weight excluding hydrogens is 709 g/mol. The molecule has 0 radical (unpaired) electrons. The van der Waals surface area contributed by atoms with Gasteiger partial charge in [0.15, 0.2) is 0 Å². The minimum Gasteiger partial charge on any atom is -0.496 e. The summed E-state index contributed by atoms with van der Waals surface area (Å²) in [6.07, 6.45) is 5.26. The lowest BCUT2D eigenvalue weighted by molar-refractivity contribution is -0.155. The number of nitrogens with one attached hydrogen (secondary N) is 2. The zero-order valence-corrected chi connectivity index (χ0v) is 31.9. The number of aryl methyl sites for hydroxylation is 2. The summed E-state index contributed by atoms with van der Waals surface area (Å²) in [6.45, 7) is 4.42. The quantitative estimate of drug-likeness (QED) is 0.149. The van der Waals surface area contributed by atoms with E-state index in [0.717, 1.165) is 83.5 Å². The van der Waals surface area contributed by atoms with Gasteiger partial charge < -0.3 is 24.8 Å². The van der Waals surface area contributed by atoms with Crippen molar-refractivity contribution in [1.82, 2.24) is 15.5 Å². The molecule has 2 N–H and O–H groups in total. The van der Waals surface area contributed by atoms with Crippen molar-refractivity contribution >= 4 is 35.1 Å². The highest BCUT2D eigenvalue weighted by Gasteiger charge is 2.41. The molecule has 1 amide bonds. The molecular formula is C43H45Cl2N3O5. The summed E-state index contributed by atoms with van der Waals surface area (Å²) in [5, 5.41) is 8.00. The van der Waals surface area contributed by atoms with Crippen LogP contribution < -0.4 is 20.1 Å². The largest absolute Gasteiger partial charge is 0.496 e. The third-order valence-electron chi connectivity index (χ3n) is 11.5. The molecule has 3 atom stereocenters. The van der Waals surface area contributed by atoms with Crippen LogP contribution in [0.15, 0.2) is 60.7 Å². The Morgan fingerprint density at radius 2 is 1.40 bits per heavy atom. The summed E-state index contributed by atoms with van der Waals surface area (Å²) in [5.41, 5.74) is 10.4. The van der Waals surface area contributed by atoms with E-state index in [1.54, 1.807) is 14.2 Å². The fourth-order valence-electron chi connectivity index (χ4n) is 8.87. The van der Waals surface area contributed by atoms with Gasteiger partial charge in [0.2, 0.25) is 5.91 Å². The van der Waals surface area contributed by atoms with E-state index in [1.807, 2.05) is 43.3 Å². The Kier molecular flexibility index (Phi) is 10.2. The predicted octanol–water partition coefficient (Wildman–Crippen LogP) is 8.35. The first-order valence-electron chi connectivity index (χ1n) is 18.7. The normalized spacial score (nSPS) is 20.8. The average molecular weight is 755 g/mol. The van der Waals surface area contributed by atoms with E-state index in [2.05, 4.69) is 39.8 Å². The lowest BCUT2D eigenvalue weighted by Crippen LogP contribution is -2.51. The molecule has 2 aliphatic heterocycles. The van der Waals surface area contributed by atoms with E-state index in [-0.39, 0.29) is 35.9 Å². The van der Waals surface area contributed by atoms with Gasteiger partial charge in [0, 0.05) is 77.6 Å². The molecule has 4 aromatic carbocycles. The molecule has 0 spiro atoms. The Balaban J connectivity index is 1.06. The van der Waals surface area contributed by atoms with Crippen LogP contribution >= 0.6 is 23.2 Å². The van der Waals surface area contributed by atoms with Crippen molar-refractivity contribution in [3.63, 3.8) is 0 Å². The Hall–Kier alpha value is -4.08. The van der Waals surface area contributed by atoms with Gasteiger partial charge in [-0.2, -0.15) is 0 Å². The number of benzene rings is 4. The molecule has 8 rings (SSSR count). The van der Waals surface area contributed by atoms with Gasteiger partial charge in [-0.3, -0.25) is 14.5 Å². The second-order valence-corrected chi connectivity index (χ2v) is 15.4. The van der Waals surface area contributed by atoms with Crippen molar-refractivity contribution in [2.24, 2.45) is 5.92 Å². The van der Waals surface area contributed by atoms with Crippen LogP contribution in [0.4, 0.5) is 0 Å². The van der Waals surface area contributed by atoms with Crippen LogP contribution in [-0.2, 0) is 27.2 Å². The predicted molar refractivity (Wildman–Crippen MR) is 209 cm³/mol. The number of hydrogen-bond acceptors (Lipinski definition) is 7. The van der Waals surface area contributed by atoms with E-state index in [1.165, 1.54) is 22.3 Å². The monoisotopic (exact) mass is 753 g/mol. The fourth-order valence-corrected chi connectivity index (χ4v) is 9.55. The second kappa shape index (κ2) is 15.0. The fraction of sp³-hybridized carbons (Fsp3) is 0.395. The number of carbonyl (C=O) groups is 2. The number of halogens is 2. The van der Waals surface area contributed by atoms with Crippen LogP contribution in [0.5, 0.6) is 11.5 Å². The summed E-state index contributed by atoms with van der Waals surface area (Å²) >= 11 is 14.6. The van der Waals surface area contributed by atoms with Crippen molar-refractivity contribution < 1.29 is 23.8 Å². The lowest BCUT2D eigenvalue weighted by atomic mass is 9.92. The number of carbonyl (C=O) groups excluding carboxylic acids is 2. The van der Waals surface area contributed by atoms with Crippen LogP contribution in [0.3, 0.4) is 0 Å². The molecule has 0 aromatic heterocycles. The van der Waals surface area contributed by atoms with Crippen molar-refractivity contribution in [3.05, 3.63) is 93.0 Å². The minimum atomic E-state index is -0.105. The van der Waals surface area contributed by atoms with E-state index < -0.39 is 0 Å². The number of nitrogens with zero attached hydrogens (tertiary/aromatic N) is 1. The molecule has 53 heavy (non-hydrogen) atoms. The number of ether oxygens (including phenoxy) is 3. The Bertz CT molecular complexity index is 2080. The van der Waals surface area contributed by atoms with E-state index in [9.17, 15) is 9.59 Å². The van der Waals surface area contributed by atoms with Gasteiger partial charge in [0.05, 0.1) is 36.8 Å². The molecule has 2 heterocycles. The van der Waals surface area contributed by atoms with Crippen molar-refractivity contribution in [2.75, 3.05) is 40.5 Å². The van der Waals surface area contributed by atoms with E-state index >= 15 is 0 Å². The van der Waals surface area contributed by atoms with Gasteiger partial charge >= 0.3 is 5.97 Å². The summed E-state index contributed by atoms with van der Waals surface area (Å²) in [7, 11) is 3.44. The molecule has 2 aliphatic carbocycles. The maximum atomic E-state index is 12.3. The SMILES string of the molecule is CCOC(=O)C1CN(C2CCc3cc(-c4cccc(-c5cccc(-c6cc7c(c(OC)c6)C(NC[C@@H]6CCC(=O)N6)CC7)c5Cl)c4Cl)cc(OC)c32)C1. The highest BCUT2D eigenvalue weighted by Crippen LogP contribution is 2.49. The summed E-state index contributed by atoms with van der Waals surface area (Å²) in [6, 6.07) is 21.4. The van der Waals surface area contributed by atoms with Gasteiger partial charge in [0.1, 0.15) is 11.5 Å². The highest BCUT2D eigenvalue weighted by atomic mass is 35.5. The smallest absolute Gasteiger partial charge is 0.311 e. The summed E-state index contributed by atoms with van der Waals surface area (Å²) < 4.78 is 17.2. The first-order chi connectivity index (χ1) is 25.8. The second-order valence-electron chi connectivity index (χ2n) is 14.6. The maximum Gasteiger partial charge on any atom is 0.311 e. The van der Waals surface area contributed by atoms with Crippen molar-refractivity contribution in [1.29, 1.82) is 0 Å². The van der Waals surface area contributed by atoms with Crippen molar-refractivity contribution in [3.8, 4) is 44.9 Å². The zero-order valence-electron chi connectivity index (χ0n) is 30.4. The van der Waals surface area contributed by atoms with Crippen molar-refractivity contribution in [2.45, 2.75) is 63.6 Å². The Labute approximate surface area is 321 Å². The third-order valence-corrected chi connectivity index (χ3v) is 12.4. The van der Waals surface area contributed by atoms with Crippen LogP contribution in [0.1, 0.15) is 66.9 Å². The van der Waals surface area contributed by atoms with Crippen LogP contribution in [0.25, 0.3) is 33.4 Å². The molecule has 4 aliphatic rings. The van der Waals surface area contributed by atoms with Crippen LogP contribution in [0, 0.1) is 5.92 Å². The lowest BCUT2D eigenvalue weighted by Gasteiger charge is -2.42. The maximum absolute atomic E-state index is 12.3. The van der Waals surface area contributed by atoms with Gasteiger partial charge in [-0.1, -0.05) is 71.7 Å². The molecule has 2 unspecified atom stereocenters. The molecule has 2 fully saturated rings. The first kappa shape index (κ1) is 35.9. The van der Waals surface area contributed by atoms with Crippen LogP contribution in [-0.4, -0.2) is 63.3 Å². The molecule has 2 saturated heterocycles. The van der Waals surface area contributed by atoms with Gasteiger partial charge in [-0.15, -0.1) is 0 Å². The summed E-state index contributed by atoms with van der Waals surface area (Å²) in [5.74, 6) is 1.64. The minimum absolute atomic E-state index is 0.0608. The third kappa shape index (κ3) is 6.69. The Morgan fingerprint density at radius 1 is 0.811 bits per heavy atom. The molecule has 8 nitrogen and oxygen atoms in total. The molecule has 0 saturated carbocycles.